The highest BCUT2D eigenvalue weighted by molar-refractivity contribution is 5.95. The Bertz CT molecular complexity index is 755. The average molecular weight is 397 g/mol. The summed E-state index contributed by atoms with van der Waals surface area (Å²) < 4.78 is 0. The minimum absolute atomic E-state index is 0.0629. The monoisotopic (exact) mass is 396 g/mol. The molecule has 2 atom stereocenters. The number of carbonyl (C=O) groups is 2. The first kappa shape index (κ1) is 23.6. The Morgan fingerprint density at radius 1 is 0.966 bits per heavy atom. The van der Waals surface area contributed by atoms with Crippen molar-refractivity contribution in [3.63, 3.8) is 0 Å². The molecule has 29 heavy (non-hydrogen) atoms. The summed E-state index contributed by atoms with van der Waals surface area (Å²) in [7, 11) is 0. The number of ketones is 2. The van der Waals surface area contributed by atoms with Crippen LogP contribution in [0, 0.1) is 22.7 Å². The molecule has 160 valence electrons. The molecule has 0 amide bonds. The maximum absolute atomic E-state index is 13.0. The summed E-state index contributed by atoms with van der Waals surface area (Å²) in [6.07, 6.45) is 15.4. The van der Waals surface area contributed by atoms with Crippen molar-refractivity contribution >= 4 is 11.6 Å². The largest absolute Gasteiger partial charge is 0.295 e. The molecule has 0 aromatic carbocycles. The quantitative estimate of drug-likeness (QED) is 0.337. The van der Waals surface area contributed by atoms with Crippen molar-refractivity contribution in [2.24, 2.45) is 22.7 Å². The minimum Gasteiger partial charge on any atom is -0.295 e. The zero-order valence-electron chi connectivity index (χ0n) is 19.6. The fourth-order valence-corrected chi connectivity index (χ4v) is 5.34. The zero-order chi connectivity index (χ0) is 21.8. The zero-order valence-corrected chi connectivity index (χ0v) is 19.6. The summed E-state index contributed by atoms with van der Waals surface area (Å²) in [6.45, 7) is 15.3. The molecule has 2 rings (SSSR count). The van der Waals surface area contributed by atoms with Gasteiger partial charge in [-0.15, -0.1) is 0 Å². The summed E-state index contributed by atoms with van der Waals surface area (Å²) in [5, 5.41) is 0. The van der Waals surface area contributed by atoms with E-state index in [1.807, 2.05) is 6.92 Å². The summed E-state index contributed by atoms with van der Waals surface area (Å²) in [5.74, 6) is 0.677. The van der Waals surface area contributed by atoms with Gasteiger partial charge in [0, 0.05) is 24.7 Å². The van der Waals surface area contributed by atoms with E-state index in [2.05, 4.69) is 59.8 Å². The first-order chi connectivity index (χ1) is 13.5. The molecule has 0 spiro atoms. The van der Waals surface area contributed by atoms with Crippen molar-refractivity contribution in [1.82, 2.24) is 0 Å². The molecule has 0 radical (unpaired) electrons. The normalized spacial score (nSPS) is 26.8. The first-order valence-corrected chi connectivity index (χ1v) is 11.3. The molecule has 2 heteroatoms. The van der Waals surface area contributed by atoms with Crippen molar-refractivity contribution < 1.29 is 9.59 Å². The lowest BCUT2D eigenvalue weighted by atomic mass is 9.64. The smallest absolute Gasteiger partial charge is 0.159 e. The third-order valence-electron chi connectivity index (χ3n) is 7.00. The van der Waals surface area contributed by atoms with E-state index in [1.165, 1.54) is 11.1 Å². The van der Waals surface area contributed by atoms with E-state index in [9.17, 15) is 9.59 Å². The molecule has 2 unspecified atom stereocenters. The van der Waals surface area contributed by atoms with Crippen LogP contribution >= 0.6 is 0 Å². The topological polar surface area (TPSA) is 34.1 Å². The molecule has 0 bridgehead atoms. The van der Waals surface area contributed by atoms with E-state index in [1.54, 1.807) is 12.2 Å². The Morgan fingerprint density at radius 3 is 2.10 bits per heavy atom. The van der Waals surface area contributed by atoms with Crippen LogP contribution in [-0.4, -0.2) is 11.6 Å². The van der Waals surface area contributed by atoms with Gasteiger partial charge in [-0.05, 0) is 62.5 Å². The second kappa shape index (κ2) is 9.41. The van der Waals surface area contributed by atoms with Gasteiger partial charge in [0.1, 0.15) is 0 Å². The number of rotatable bonds is 7. The highest BCUT2D eigenvalue weighted by Crippen LogP contribution is 2.46. The Labute approximate surface area is 178 Å². The van der Waals surface area contributed by atoms with Crippen molar-refractivity contribution in [3.8, 4) is 0 Å². The van der Waals surface area contributed by atoms with Crippen LogP contribution in [-0.2, 0) is 9.59 Å². The highest BCUT2D eigenvalue weighted by Gasteiger charge is 2.36. The second-order valence-corrected chi connectivity index (χ2v) is 10.4. The molecule has 0 N–H and O–H groups in total. The number of hydrogen-bond acceptors (Lipinski definition) is 2. The van der Waals surface area contributed by atoms with Gasteiger partial charge in [0.05, 0.1) is 0 Å². The van der Waals surface area contributed by atoms with Crippen LogP contribution in [0.5, 0.6) is 0 Å². The van der Waals surface area contributed by atoms with Gasteiger partial charge in [0.15, 0.2) is 11.6 Å². The lowest BCUT2D eigenvalue weighted by molar-refractivity contribution is -0.114. The third-order valence-corrected chi connectivity index (χ3v) is 7.00. The van der Waals surface area contributed by atoms with Crippen LogP contribution < -0.4 is 0 Å². The van der Waals surface area contributed by atoms with Gasteiger partial charge in [0.2, 0.25) is 0 Å². The number of hydrogen-bond donors (Lipinski definition) is 0. The Balaban J connectivity index is 2.27. The van der Waals surface area contributed by atoms with E-state index in [-0.39, 0.29) is 28.3 Å². The molecule has 2 aliphatic carbocycles. The van der Waals surface area contributed by atoms with Gasteiger partial charge in [-0.2, -0.15) is 0 Å². The fraction of sp³-hybridized carbons (Fsp3) is 0.630. The molecular formula is C27H40O2. The molecule has 0 heterocycles. The van der Waals surface area contributed by atoms with Gasteiger partial charge in [-0.25, -0.2) is 0 Å². The standard InChI is InChI=1S/C27H40O2/c1-8-22(28)17-21(25-20(3)12-10-16-27(25,6)7)18-23(29)13-14-24-19(2)11-9-15-26(24,4)5/h11-14,17,24-25H,8-10,15-16,18H2,1-7H3. The van der Waals surface area contributed by atoms with Crippen LogP contribution in [0.3, 0.4) is 0 Å². The van der Waals surface area contributed by atoms with Gasteiger partial charge < -0.3 is 0 Å². The number of carbonyl (C=O) groups excluding carboxylic acids is 2. The Hall–Kier alpha value is -1.70. The van der Waals surface area contributed by atoms with Crippen molar-refractivity contribution in [3.05, 3.63) is 47.1 Å². The molecule has 0 saturated heterocycles. The highest BCUT2D eigenvalue weighted by atomic mass is 16.1. The van der Waals surface area contributed by atoms with Crippen LogP contribution in [0.15, 0.2) is 47.1 Å². The number of allylic oxidation sites excluding steroid dienone is 8. The molecule has 2 aliphatic rings. The Kier molecular flexibility index (Phi) is 7.65. The summed E-state index contributed by atoms with van der Waals surface area (Å²) >= 11 is 0. The van der Waals surface area contributed by atoms with Crippen molar-refractivity contribution in [2.75, 3.05) is 0 Å². The van der Waals surface area contributed by atoms with Crippen LogP contribution in [0.1, 0.15) is 87.0 Å². The van der Waals surface area contributed by atoms with Gasteiger partial charge in [0.25, 0.3) is 0 Å². The average Bonchev–Trinajstić information content (AvgIpc) is 2.59. The van der Waals surface area contributed by atoms with Crippen LogP contribution in [0.4, 0.5) is 0 Å². The van der Waals surface area contributed by atoms with Gasteiger partial charge in [-0.3, -0.25) is 9.59 Å². The van der Waals surface area contributed by atoms with Crippen LogP contribution in [0.25, 0.3) is 0 Å². The maximum Gasteiger partial charge on any atom is 0.159 e. The summed E-state index contributed by atoms with van der Waals surface area (Å²) in [4.78, 5) is 25.2. The van der Waals surface area contributed by atoms with E-state index in [4.69, 9.17) is 0 Å². The lowest BCUT2D eigenvalue weighted by Gasteiger charge is -2.40. The van der Waals surface area contributed by atoms with Gasteiger partial charge >= 0.3 is 0 Å². The third kappa shape index (κ3) is 5.90. The van der Waals surface area contributed by atoms with Crippen molar-refractivity contribution in [1.29, 1.82) is 0 Å². The van der Waals surface area contributed by atoms with E-state index in [0.29, 0.717) is 18.8 Å². The lowest BCUT2D eigenvalue weighted by Crippen LogP contribution is -2.30. The fourth-order valence-electron chi connectivity index (χ4n) is 5.34. The molecular weight excluding hydrogens is 356 g/mol. The molecule has 0 aliphatic heterocycles. The predicted octanol–water partition coefficient (Wildman–Crippen LogP) is 7.17. The summed E-state index contributed by atoms with van der Waals surface area (Å²) in [6, 6.07) is 0. The SMILES string of the molecule is CCC(=O)C=C(CC(=O)C=CC1C(C)=CCCC1(C)C)C1C(C)=CCCC1(C)C. The van der Waals surface area contributed by atoms with E-state index < -0.39 is 0 Å². The van der Waals surface area contributed by atoms with Crippen LogP contribution in [0.2, 0.25) is 0 Å². The first-order valence-electron chi connectivity index (χ1n) is 11.3. The molecule has 0 fully saturated rings. The van der Waals surface area contributed by atoms with E-state index in [0.717, 1.165) is 31.3 Å². The van der Waals surface area contributed by atoms with Crippen molar-refractivity contribution in [2.45, 2.75) is 87.0 Å². The Morgan fingerprint density at radius 2 is 1.55 bits per heavy atom. The molecule has 0 saturated carbocycles. The van der Waals surface area contributed by atoms with E-state index >= 15 is 0 Å². The minimum atomic E-state index is 0.0629. The predicted molar refractivity (Wildman–Crippen MR) is 123 cm³/mol. The molecule has 2 nitrogen and oxygen atoms in total. The molecule has 0 aromatic rings. The van der Waals surface area contributed by atoms with Gasteiger partial charge in [-0.1, -0.05) is 69.6 Å². The second-order valence-electron chi connectivity index (χ2n) is 10.4. The maximum atomic E-state index is 13.0. The molecule has 0 aromatic heterocycles. The summed E-state index contributed by atoms with van der Waals surface area (Å²) in [5.41, 5.74) is 3.87.